The molecule has 1 atom stereocenters. The van der Waals surface area contributed by atoms with Gasteiger partial charge in [-0.25, -0.2) is 4.68 Å². The largest absolute Gasteiger partial charge is 0.488 e. The van der Waals surface area contributed by atoms with Crippen LogP contribution in [0.25, 0.3) is 16.7 Å². The maximum absolute atomic E-state index is 6.20. The monoisotopic (exact) mass is 446 g/mol. The van der Waals surface area contributed by atoms with Crippen LogP contribution in [0.4, 0.5) is 5.82 Å². The third-order valence-corrected chi connectivity index (χ3v) is 5.57. The van der Waals surface area contributed by atoms with Crippen LogP contribution in [0.2, 0.25) is 0 Å². The summed E-state index contributed by atoms with van der Waals surface area (Å²) < 4.78 is 18.9. The number of fused-ring (bicyclic) bond motifs is 1. The molecular formula is C21H27ClN6O3. The molecule has 2 aliphatic heterocycles. The lowest BCUT2D eigenvalue weighted by Gasteiger charge is -2.28. The molecule has 0 bridgehead atoms. The molecule has 3 aromatic rings. The molecule has 0 spiro atoms. The minimum absolute atomic E-state index is 0. The number of aromatic nitrogens is 4. The summed E-state index contributed by atoms with van der Waals surface area (Å²) in [6, 6.07) is 6.43. The molecule has 0 radical (unpaired) electrons. The van der Waals surface area contributed by atoms with Gasteiger partial charge in [-0.2, -0.15) is 15.1 Å². The van der Waals surface area contributed by atoms with Crippen LogP contribution >= 0.6 is 12.4 Å². The van der Waals surface area contributed by atoms with E-state index in [1.54, 1.807) is 7.11 Å². The summed E-state index contributed by atoms with van der Waals surface area (Å²) >= 11 is 0. The van der Waals surface area contributed by atoms with Crippen molar-refractivity contribution >= 4 is 29.1 Å². The summed E-state index contributed by atoms with van der Waals surface area (Å²) in [5.41, 5.74) is 2.01. The van der Waals surface area contributed by atoms with Gasteiger partial charge < -0.3 is 24.4 Å². The lowest BCUT2D eigenvalue weighted by molar-refractivity contribution is 0.141. The van der Waals surface area contributed by atoms with Crippen molar-refractivity contribution in [3.63, 3.8) is 0 Å². The Bertz CT molecular complexity index is 1050. The van der Waals surface area contributed by atoms with Gasteiger partial charge in [0, 0.05) is 50.1 Å². The molecule has 0 amide bonds. The first-order chi connectivity index (χ1) is 14.7. The Morgan fingerprint density at radius 1 is 1.13 bits per heavy atom. The van der Waals surface area contributed by atoms with E-state index < -0.39 is 0 Å². The molecule has 1 aromatic carbocycles. The molecule has 4 heterocycles. The number of methoxy groups -OCH3 is 1. The quantitative estimate of drug-likeness (QED) is 0.638. The lowest BCUT2D eigenvalue weighted by atomic mass is 10.1. The third kappa shape index (κ3) is 4.39. The van der Waals surface area contributed by atoms with E-state index in [4.69, 9.17) is 14.2 Å². The average Bonchev–Trinajstić information content (AvgIpc) is 3.44. The molecule has 9 nitrogen and oxygen atoms in total. The van der Waals surface area contributed by atoms with Gasteiger partial charge in [0.05, 0.1) is 32.0 Å². The number of nitrogens with one attached hydrogen (secondary N) is 1. The van der Waals surface area contributed by atoms with E-state index in [1.807, 2.05) is 23.0 Å². The maximum Gasteiger partial charge on any atom is 0.320 e. The van der Waals surface area contributed by atoms with Crippen LogP contribution in [-0.2, 0) is 4.74 Å². The predicted molar refractivity (Wildman–Crippen MR) is 120 cm³/mol. The van der Waals surface area contributed by atoms with Crippen LogP contribution in [0.5, 0.6) is 11.8 Å². The van der Waals surface area contributed by atoms with E-state index in [9.17, 15) is 0 Å². The van der Waals surface area contributed by atoms with Crippen LogP contribution < -0.4 is 19.7 Å². The highest BCUT2D eigenvalue weighted by Crippen LogP contribution is 2.29. The van der Waals surface area contributed by atoms with Gasteiger partial charge in [0.15, 0.2) is 5.82 Å². The van der Waals surface area contributed by atoms with E-state index in [2.05, 4.69) is 38.3 Å². The number of anilines is 1. The molecule has 0 aliphatic carbocycles. The van der Waals surface area contributed by atoms with E-state index in [1.165, 1.54) is 0 Å². The fourth-order valence-corrected chi connectivity index (χ4v) is 3.92. The van der Waals surface area contributed by atoms with E-state index in [0.717, 1.165) is 67.2 Å². The second-order valence-electron chi connectivity index (χ2n) is 7.64. The lowest BCUT2D eigenvalue weighted by Crippen LogP contribution is -2.44. The van der Waals surface area contributed by atoms with Crippen molar-refractivity contribution < 1.29 is 14.2 Å². The number of piperazine rings is 1. The number of halogens is 1. The zero-order valence-electron chi connectivity index (χ0n) is 17.7. The van der Waals surface area contributed by atoms with Crippen molar-refractivity contribution in [3.05, 3.63) is 30.0 Å². The first-order valence-electron chi connectivity index (χ1n) is 10.3. The van der Waals surface area contributed by atoms with Crippen molar-refractivity contribution in [2.24, 2.45) is 0 Å². The number of hydrogen-bond donors (Lipinski definition) is 1. The van der Waals surface area contributed by atoms with Crippen molar-refractivity contribution in [2.75, 3.05) is 51.4 Å². The number of hydrogen-bond acceptors (Lipinski definition) is 8. The molecule has 2 saturated heterocycles. The summed E-state index contributed by atoms with van der Waals surface area (Å²) in [5.74, 6) is 2.36. The fourth-order valence-electron chi connectivity index (χ4n) is 3.92. The Morgan fingerprint density at radius 2 is 1.94 bits per heavy atom. The average molecular weight is 447 g/mol. The summed E-state index contributed by atoms with van der Waals surface area (Å²) in [6.07, 6.45) is 2.86. The Balaban J connectivity index is 0.00000231. The topological polar surface area (TPSA) is 86.6 Å². The SMILES string of the molecule is COc1nc(N2CCNCC2)cc(-n2ncc3cc(C)c(O[C@@H]4CCOC4)cc32)n1.Cl. The van der Waals surface area contributed by atoms with Crippen molar-refractivity contribution in [1.29, 1.82) is 0 Å². The van der Waals surface area contributed by atoms with Gasteiger partial charge in [0.1, 0.15) is 17.7 Å². The number of rotatable bonds is 5. The summed E-state index contributed by atoms with van der Waals surface area (Å²) in [7, 11) is 1.58. The second kappa shape index (κ2) is 9.25. The van der Waals surface area contributed by atoms with E-state index >= 15 is 0 Å². The third-order valence-electron chi connectivity index (χ3n) is 5.57. The number of aryl methyl sites for hydroxylation is 1. The van der Waals surface area contributed by atoms with Crippen LogP contribution in [-0.4, -0.2) is 72.4 Å². The number of benzene rings is 1. The van der Waals surface area contributed by atoms with Gasteiger partial charge >= 0.3 is 6.01 Å². The van der Waals surface area contributed by atoms with Crippen molar-refractivity contribution in [1.82, 2.24) is 25.1 Å². The van der Waals surface area contributed by atoms with Gasteiger partial charge in [-0.05, 0) is 18.6 Å². The van der Waals surface area contributed by atoms with Crippen LogP contribution in [0.3, 0.4) is 0 Å². The van der Waals surface area contributed by atoms with Gasteiger partial charge in [0.2, 0.25) is 0 Å². The molecule has 2 aliphatic rings. The highest BCUT2D eigenvalue weighted by Gasteiger charge is 2.20. The molecule has 2 aromatic heterocycles. The Morgan fingerprint density at radius 3 is 2.68 bits per heavy atom. The second-order valence-corrected chi connectivity index (χ2v) is 7.64. The molecule has 31 heavy (non-hydrogen) atoms. The summed E-state index contributed by atoms with van der Waals surface area (Å²) in [5, 5.41) is 9.00. The number of nitrogens with zero attached hydrogens (tertiary/aromatic N) is 5. The minimum Gasteiger partial charge on any atom is -0.488 e. The van der Waals surface area contributed by atoms with Crippen LogP contribution in [0, 0.1) is 6.92 Å². The fraction of sp³-hybridized carbons (Fsp3) is 0.476. The molecule has 5 rings (SSSR count). The normalized spacial score (nSPS) is 18.8. The van der Waals surface area contributed by atoms with Crippen molar-refractivity contribution in [3.8, 4) is 17.6 Å². The molecule has 10 heteroatoms. The predicted octanol–water partition coefficient (Wildman–Crippen LogP) is 2.13. The first-order valence-corrected chi connectivity index (χ1v) is 10.3. The number of ether oxygens (including phenoxy) is 3. The van der Waals surface area contributed by atoms with Gasteiger partial charge in [-0.1, -0.05) is 0 Å². The van der Waals surface area contributed by atoms with Crippen molar-refractivity contribution in [2.45, 2.75) is 19.4 Å². The maximum atomic E-state index is 6.20. The van der Waals surface area contributed by atoms with Gasteiger partial charge in [0.25, 0.3) is 0 Å². The summed E-state index contributed by atoms with van der Waals surface area (Å²) in [4.78, 5) is 11.3. The minimum atomic E-state index is 0. The van der Waals surface area contributed by atoms with Crippen LogP contribution in [0.1, 0.15) is 12.0 Å². The molecule has 0 unspecified atom stereocenters. The van der Waals surface area contributed by atoms with E-state index in [0.29, 0.717) is 18.4 Å². The Labute approximate surface area is 187 Å². The van der Waals surface area contributed by atoms with E-state index in [-0.39, 0.29) is 18.5 Å². The smallest absolute Gasteiger partial charge is 0.320 e. The zero-order chi connectivity index (χ0) is 20.5. The first kappa shape index (κ1) is 21.6. The molecule has 2 fully saturated rings. The Hall–Kier alpha value is -2.62. The molecule has 166 valence electrons. The van der Waals surface area contributed by atoms with Gasteiger partial charge in [-0.15, -0.1) is 12.4 Å². The van der Waals surface area contributed by atoms with Gasteiger partial charge in [-0.3, -0.25) is 0 Å². The molecule has 0 saturated carbocycles. The Kier molecular flexibility index (Phi) is 6.45. The summed E-state index contributed by atoms with van der Waals surface area (Å²) in [6.45, 7) is 7.07. The standard InChI is InChI=1S/C21H26N6O3.ClH/c1-14-9-15-12-23-27(17(15)10-18(14)30-16-3-8-29-13-16)20-11-19(24-21(25-20)28-2)26-6-4-22-5-7-26;/h9-12,16,22H,3-8,13H2,1-2H3;1H/t16-;/m1./s1. The highest BCUT2D eigenvalue weighted by atomic mass is 35.5. The molecular weight excluding hydrogens is 420 g/mol. The zero-order valence-corrected chi connectivity index (χ0v) is 18.5. The van der Waals surface area contributed by atoms with Crippen LogP contribution in [0.15, 0.2) is 24.4 Å². The molecule has 1 N–H and O–H groups in total. The highest BCUT2D eigenvalue weighted by molar-refractivity contribution is 5.85.